The van der Waals surface area contributed by atoms with Gasteiger partial charge >= 0.3 is 0 Å². The molecule has 0 radical (unpaired) electrons. The van der Waals surface area contributed by atoms with E-state index in [9.17, 15) is 10.1 Å². The van der Waals surface area contributed by atoms with Gasteiger partial charge in [-0.1, -0.05) is 48.3 Å². The molecule has 2 heterocycles. The number of aromatic nitrogens is 1. The van der Waals surface area contributed by atoms with Crippen molar-refractivity contribution in [3.8, 4) is 17.3 Å². The van der Waals surface area contributed by atoms with Crippen molar-refractivity contribution in [1.82, 2.24) is 5.16 Å². The van der Waals surface area contributed by atoms with Gasteiger partial charge in [0.2, 0.25) is 11.5 Å². The Morgan fingerprint density at radius 1 is 1.30 bits per heavy atom. The molecule has 0 bridgehead atoms. The second-order valence-electron chi connectivity index (χ2n) is 6.56. The molecule has 0 aliphatic heterocycles. The van der Waals surface area contributed by atoms with E-state index in [4.69, 9.17) is 10.3 Å². The van der Waals surface area contributed by atoms with Gasteiger partial charge in [-0.2, -0.15) is 5.26 Å². The molecule has 0 spiro atoms. The van der Waals surface area contributed by atoms with Crippen molar-refractivity contribution in [3.05, 3.63) is 52.6 Å². The highest BCUT2D eigenvalue weighted by Gasteiger charge is 2.26. The highest BCUT2D eigenvalue weighted by atomic mass is 32.1. The minimum atomic E-state index is -0.358. The number of ketones is 1. The molecule has 1 aliphatic rings. The summed E-state index contributed by atoms with van der Waals surface area (Å²) in [6.45, 7) is 0. The Morgan fingerprint density at radius 2 is 2.04 bits per heavy atom. The number of nitriles is 1. The summed E-state index contributed by atoms with van der Waals surface area (Å²) in [5, 5.41) is 17.5. The third-order valence-electron chi connectivity index (χ3n) is 4.76. The van der Waals surface area contributed by atoms with Gasteiger partial charge in [0.15, 0.2) is 0 Å². The lowest BCUT2D eigenvalue weighted by Gasteiger charge is -2.11. The summed E-state index contributed by atoms with van der Waals surface area (Å²) in [6, 6.07) is 13.5. The molecule has 0 amide bonds. The van der Waals surface area contributed by atoms with Gasteiger partial charge in [0.25, 0.3) is 0 Å². The molecule has 4 rings (SSSR count). The Bertz CT molecular complexity index is 1010. The predicted octanol–water partition coefficient (Wildman–Crippen LogP) is 4.44. The van der Waals surface area contributed by atoms with Gasteiger partial charge in [-0.25, -0.2) is 0 Å². The average molecular weight is 378 g/mol. The van der Waals surface area contributed by atoms with Crippen LogP contribution >= 0.6 is 11.3 Å². The third-order valence-corrected chi connectivity index (χ3v) is 5.89. The molecule has 3 N–H and O–H groups in total. The van der Waals surface area contributed by atoms with E-state index in [2.05, 4.69) is 16.5 Å². The maximum Gasteiger partial charge on any atom is 0.243 e. The highest BCUT2D eigenvalue weighted by Crippen LogP contribution is 2.38. The molecule has 3 aromatic rings. The van der Waals surface area contributed by atoms with Crippen molar-refractivity contribution in [1.29, 1.82) is 5.26 Å². The summed E-state index contributed by atoms with van der Waals surface area (Å²) in [5.74, 6) is -0.248. The Balaban J connectivity index is 1.63. The zero-order chi connectivity index (χ0) is 18.8. The summed E-state index contributed by atoms with van der Waals surface area (Å²) in [7, 11) is 0. The fourth-order valence-corrected chi connectivity index (χ4v) is 4.41. The standard InChI is InChI=1S/C20H18N4O2S/c21-11-14-17(22)19(27-20(14)23-13-8-4-5-9-13)18(25)16-10-15(24-26-16)12-6-2-1-3-7-12/h1-3,6-7,10,13,23H,4-5,8-9,22H2. The summed E-state index contributed by atoms with van der Waals surface area (Å²) in [5.41, 5.74) is 8.09. The van der Waals surface area contributed by atoms with Crippen molar-refractivity contribution in [2.24, 2.45) is 0 Å². The molecule has 1 aliphatic carbocycles. The number of hydrogen-bond donors (Lipinski definition) is 2. The smallest absolute Gasteiger partial charge is 0.243 e. The van der Waals surface area contributed by atoms with Crippen LogP contribution in [0.4, 0.5) is 10.7 Å². The van der Waals surface area contributed by atoms with Crippen LogP contribution in [0.5, 0.6) is 0 Å². The van der Waals surface area contributed by atoms with Gasteiger partial charge in [0.05, 0.1) is 5.69 Å². The van der Waals surface area contributed by atoms with Crippen molar-refractivity contribution in [2.75, 3.05) is 11.1 Å². The fraction of sp³-hybridized carbons (Fsp3) is 0.250. The molecule has 136 valence electrons. The largest absolute Gasteiger partial charge is 0.396 e. The number of carbonyl (C=O) groups excluding carboxylic acids is 1. The van der Waals surface area contributed by atoms with E-state index in [1.165, 1.54) is 24.2 Å². The number of nitrogens with zero attached hydrogens (tertiary/aromatic N) is 2. The zero-order valence-electron chi connectivity index (χ0n) is 14.6. The van der Waals surface area contributed by atoms with Crippen LogP contribution in [-0.2, 0) is 0 Å². The van der Waals surface area contributed by atoms with Crippen LogP contribution < -0.4 is 11.1 Å². The quantitative estimate of drug-likeness (QED) is 0.636. The lowest BCUT2D eigenvalue weighted by molar-refractivity contribution is 0.100. The summed E-state index contributed by atoms with van der Waals surface area (Å²) < 4.78 is 5.25. The number of thiophene rings is 1. The Kier molecular flexibility index (Phi) is 4.65. The molecule has 7 heteroatoms. The SMILES string of the molecule is N#Cc1c(NC2CCCC2)sc(C(=O)c2cc(-c3ccccc3)no2)c1N. The maximum atomic E-state index is 12.9. The van der Waals surface area contributed by atoms with Crippen molar-refractivity contribution >= 4 is 27.8 Å². The first-order valence-corrected chi connectivity index (χ1v) is 9.64. The number of nitrogens with two attached hydrogens (primary N) is 1. The minimum absolute atomic E-state index is 0.110. The van der Waals surface area contributed by atoms with E-state index >= 15 is 0 Å². The fourth-order valence-electron chi connectivity index (χ4n) is 3.32. The molecule has 1 saturated carbocycles. The van der Waals surface area contributed by atoms with Crippen LogP contribution in [0.1, 0.15) is 46.7 Å². The molecule has 0 atom stereocenters. The zero-order valence-corrected chi connectivity index (χ0v) is 15.4. The summed E-state index contributed by atoms with van der Waals surface area (Å²) in [6.07, 6.45) is 4.47. The van der Waals surface area contributed by atoms with Crippen LogP contribution in [0, 0.1) is 11.3 Å². The number of carbonyl (C=O) groups is 1. The molecular formula is C20H18N4O2S. The molecule has 6 nitrogen and oxygen atoms in total. The van der Waals surface area contributed by atoms with Crippen molar-refractivity contribution in [2.45, 2.75) is 31.7 Å². The monoisotopic (exact) mass is 378 g/mol. The second kappa shape index (κ2) is 7.25. The number of benzene rings is 1. The van der Waals surface area contributed by atoms with Crippen LogP contribution in [0.2, 0.25) is 0 Å². The van der Waals surface area contributed by atoms with Gasteiger partial charge in [-0.3, -0.25) is 4.79 Å². The minimum Gasteiger partial charge on any atom is -0.396 e. The normalized spacial score (nSPS) is 14.2. The van der Waals surface area contributed by atoms with Crippen molar-refractivity contribution < 1.29 is 9.32 Å². The van der Waals surface area contributed by atoms with Gasteiger partial charge < -0.3 is 15.6 Å². The molecule has 1 fully saturated rings. The van der Waals surface area contributed by atoms with Crippen LogP contribution in [0.15, 0.2) is 40.9 Å². The van der Waals surface area contributed by atoms with E-state index in [0.717, 1.165) is 18.4 Å². The maximum absolute atomic E-state index is 12.9. The summed E-state index contributed by atoms with van der Waals surface area (Å²) in [4.78, 5) is 13.2. The number of anilines is 2. The lowest BCUT2D eigenvalue weighted by Crippen LogP contribution is -2.14. The van der Waals surface area contributed by atoms with Crippen molar-refractivity contribution in [3.63, 3.8) is 0 Å². The predicted molar refractivity (Wildman–Crippen MR) is 105 cm³/mol. The first kappa shape index (κ1) is 17.3. The number of nitrogen functional groups attached to an aromatic ring is 1. The van der Waals surface area contributed by atoms with E-state index in [1.807, 2.05) is 30.3 Å². The van der Waals surface area contributed by atoms with Crippen LogP contribution in [0.3, 0.4) is 0 Å². The lowest BCUT2D eigenvalue weighted by atomic mass is 10.1. The second-order valence-corrected chi connectivity index (χ2v) is 7.58. The molecule has 1 aromatic carbocycles. The Labute approximate surface area is 160 Å². The third kappa shape index (κ3) is 3.32. The van der Waals surface area contributed by atoms with Crippen LogP contribution in [0.25, 0.3) is 11.3 Å². The van der Waals surface area contributed by atoms with Gasteiger partial charge in [0.1, 0.15) is 27.2 Å². The molecule has 0 unspecified atom stereocenters. The molecular weight excluding hydrogens is 360 g/mol. The first-order chi connectivity index (χ1) is 13.2. The van der Waals surface area contributed by atoms with Gasteiger partial charge in [-0.15, -0.1) is 11.3 Å². The van der Waals surface area contributed by atoms with E-state index in [-0.39, 0.29) is 17.2 Å². The number of nitrogens with one attached hydrogen (secondary N) is 1. The molecule has 2 aromatic heterocycles. The average Bonchev–Trinajstić information content (AvgIpc) is 3.43. The van der Waals surface area contributed by atoms with Crippen LogP contribution in [-0.4, -0.2) is 17.0 Å². The van der Waals surface area contributed by atoms with E-state index < -0.39 is 0 Å². The van der Waals surface area contributed by atoms with E-state index in [1.54, 1.807) is 6.07 Å². The number of rotatable bonds is 5. The van der Waals surface area contributed by atoms with E-state index in [0.29, 0.717) is 27.2 Å². The first-order valence-electron chi connectivity index (χ1n) is 8.83. The van der Waals surface area contributed by atoms with Gasteiger partial charge in [0, 0.05) is 17.7 Å². The molecule has 27 heavy (non-hydrogen) atoms. The number of hydrogen-bond acceptors (Lipinski definition) is 7. The Hall–Kier alpha value is -3.11. The molecule has 0 saturated heterocycles. The topological polar surface area (TPSA) is 105 Å². The Morgan fingerprint density at radius 3 is 2.74 bits per heavy atom. The summed E-state index contributed by atoms with van der Waals surface area (Å²) >= 11 is 1.21. The van der Waals surface area contributed by atoms with Gasteiger partial charge in [-0.05, 0) is 12.8 Å². The highest BCUT2D eigenvalue weighted by molar-refractivity contribution is 7.19.